The van der Waals surface area contributed by atoms with Gasteiger partial charge in [-0.25, -0.2) is 17.9 Å². The van der Waals surface area contributed by atoms with E-state index in [4.69, 9.17) is 27.0 Å². The smallest absolute Gasteiger partial charge is 0.328 e. The van der Waals surface area contributed by atoms with Crippen molar-refractivity contribution in [1.29, 1.82) is 0 Å². The third-order valence-electron chi connectivity index (χ3n) is 4.55. The fourth-order valence-corrected chi connectivity index (χ4v) is 3.80. The van der Waals surface area contributed by atoms with Gasteiger partial charge >= 0.3 is 5.97 Å². The third kappa shape index (κ3) is 7.40. The first-order valence-electron chi connectivity index (χ1n) is 9.94. The average molecular weight is 477 g/mol. The molecule has 12 heteroatoms. The topological polar surface area (TPSA) is 205 Å². The van der Waals surface area contributed by atoms with Gasteiger partial charge in [-0.3, -0.25) is 27.1 Å². The van der Waals surface area contributed by atoms with E-state index < -0.39 is 34.5 Å². The van der Waals surface area contributed by atoms with Crippen LogP contribution in [0.3, 0.4) is 0 Å². The van der Waals surface area contributed by atoms with Gasteiger partial charge in [0.2, 0.25) is 15.9 Å². The Kier molecular flexibility index (Phi) is 8.65. The molecule has 10 N–H and O–H groups in total. The van der Waals surface area contributed by atoms with Crippen LogP contribution in [0.25, 0.3) is 0 Å². The molecule has 0 heterocycles. The minimum absolute atomic E-state index is 0.0514. The summed E-state index contributed by atoms with van der Waals surface area (Å²) in [5.74, 6) is -1.14. The van der Waals surface area contributed by atoms with E-state index in [0.29, 0.717) is 11.1 Å². The predicted molar refractivity (Wildman–Crippen MR) is 121 cm³/mol. The standard InChI is InChI=1S/C21H26N6O5S/c1-2-32-21(29)17(11-13-3-5-14(6-4-13)19(22)23)27-18(28)12-26-33(30,31)16-9-7-15(8-10-16)20(24)25/h3-10,17,26H,2,11-12H2,1H3,(H3,22,23)(H3,24,25)(H,27,28)/p+2. The Morgan fingerprint density at radius 1 is 0.970 bits per heavy atom. The van der Waals surface area contributed by atoms with Crippen molar-refractivity contribution in [2.45, 2.75) is 24.3 Å². The molecule has 1 unspecified atom stereocenters. The first-order valence-corrected chi connectivity index (χ1v) is 11.4. The average Bonchev–Trinajstić information content (AvgIpc) is 2.78. The van der Waals surface area contributed by atoms with E-state index in [9.17, 15) is 18.0 Å². The van der Waals surface area contributed by atoms with E-state index in [0.717, 1.165) is 5.56 Å². The molecule has 33 heavy (non-hydrogen) atoms. The molecule has 11 nitrogen and oxygen atoms in total. The van der Waals surface area contributed by atoms with Crippen molar-refractivity contribution in [2.75, 3.05) is 13.2 Å². The van der Waals surface area contributed by atoms with Gasteiger partial charge in [0.1, 0.15) is 6.04 Å². The number of benzene rings is 2. The first kappa shape index (κ1) is 25.5. The lowest BCUT2D eigenvalue weighted by Gasteiger charge is -2.18. The highest BCUT2D eigenvalue weighted by atomic mass is 32.2. The van der Waals surface area contributed by atoms with Crippen molar-refractivity contribution >= 4 is 33.6 Å². The number of nitrogens with one attached hydrogen (secondary N) is 2. The summed E-state index contributed by atoms with van der Waals surface area (Å²) in [6.45, 7) is 1.18. The van der Waals surface area contributed by atoms with Gasteiger partial charge in [0.25, 0.3) is 11.7 Å². The number of nitrogens with two attached hydrogens (primary N) is 4. The quantitative estimate of drug-likeness (QED) is 0.108. The Morgan fingerprint density at radius 3 is 1.97 bits per heavy atom. The highest BCUT2D eigenvalue weighted by Crippen LogP contribution is 2.10. The lowest BCUT2D eigenvalue weighted by Crippen LogP contribution is -2.47. The molecule has 1 amide bonds. The van der Waals surface area contributed by atoms with Gasteiger partial charge < -0.3 is 10.1 Å². The van der Waals surface area contributed by atoms with Crippen molar-refractivity contribution in [3.8, 4) is 0 Å². The van der Waals surface area contributed by atoms with Gasteiger partial charge in [-0.05, 0) is 48.9 Å². The molecule has 2 aromatic carbocycles. The van der Waals surface area contributed by atoms with Crippen LogP contribution >= 0.6 is 0 Å². The monoisotopic (exact) mass is 476 g/mol. The summed E-state index contributed by atoms with van der Waals surface area (Å²) in [4.78, 5) is 24.7. The molecule has 2 aromatic rings. The molecule has 2 rings (SSSR count). The molecule has 0 fully saturated rings. The van der Waals surface area contributed by atoms with Gasteiger partial charge in [0.05, 0.1) is 29.2 Å². The van der Waals surface area contributed by atoms with Gasteiger partial charge in [-0.15, -0.1) is 0 Å². The van der Waals surface area contributed by atoms with Gasteiger partial charge in [-0.2, -0.15) is 0 Å². The summed E-state index contributed by atoms with van der Waals surface area (Å²) in [6.07, 6.45) is 0.126. The molecule has 0 saturated heterocycles. The number of rotatable bonds is 11. The Balaban J connectivity index is 2.05. The summed E-state index contributed by atoms with van der Waals surface area (Å²) in [6, 6.07) is 11.3. The van der Waals surface area contributed by atoms with Crippen LogP contribution in [0.1, 0.15) is 23.6 Å². The van der Waals surface area contributed by atoms with Crippen LogP contribution in [0, 0.1) is 0 Å². The largest absolute Gasteiger partial charge is 0.464 e. The lowest BCUT2D eigenvalue weighted by atomic mass is 10.0. The summed E-state index contributed by atoms with van der Waals surface area (Å²) in [5.41, 5.74) is 12.8. The summed E-state index contributed by atoms with van der Waals surface area (Å²) in [7, 11) is -3.98. The van der Waals surface area contributed by atoms with Crippen LogP contribution < -0.4 is 32.3 Å². The van der Waals surface area contributed by atoms with E-state index in [1.165, 1.54) is 24.3 Å². The minimum atomic E-state index is -3.98. The molecule has 176 valence electrons. The van der Waals surface area contributed by atoms with Crippen LogP contribution in [0.5, 0.6) is 0 Å². The number of carbonyl (C=O) groups excluding carboxylic acids is 2. The number of sulfonamides is 1. The normalized spacial score (nSPS) is 11.9. The number of carbonyl (C=O) groups is 2. The predicted octanol–water partition coefficient (Wildman–Crippen LogP) is -3.82. The maximum absolute atomic E-state index is 12.4. The lowest BCUT2D eigenvalue weighted by molar-refractivity contribution is -0.147. The van der Waals surface area contributed by atoms with E-state index >= 15 is 0 Å². The fourth-order valence-electron chi connectivity index (χ4n) is 2.82. The molecule has 0 spiro atoms. The number of esters is 1. The number of amides is 1. The molecule has 0 radical (unpaired) electrons. The molecular formula is C21H28N6O5S+2. The Labute approximate surface area is 191 Å². The number of hydrogen-bond donors (Lipinski definition) is 6. The summed E-state index contributed by atoms with van der Waals surface area (Å²) < 4.78 is 32.1. The fraction of sp³-hybridized carbons (Fsp3) is 0.238. The second kappa shape index (κ2) is 11.2. The van der Waals surface area contributed by atoms with E-state index in [2.05, 4.69) is 10.0 Å². The zero-order valence-corrected chi connectivity index (χ0v) is 18.9. The van der Waals surface area contributed by atoms with Gasteiger partial charge in [0.15, 0.2) is 0 Å². The molecule has 0 aliphatic rings. The number of amidine groups is 2. The van der Waals surface area contributed by atoms with E-state index in [1.807, 2.05) is 0 Å². The molecule has 1 atom stereocenters. The van der Waals surface area contributed by atoms with Crippen molar-refractivity contribution < 1.29 is 33.6 Å². The Hall–Kier alpha value is -3.77. The molecule has 0 aromatic heterocycles. The van der Waals surface area contributed by atoms with Crippen LogP contribution in [0.4, 0.5) is 0 Å². The number of ether oxygens (including phenoxy) is 1. The zero-order chi connectivity index (χ0) is 24.6. The third-order valence-corrected chi connectivity index (χ3v) is 5.97. The minimum Gasteiger partial charge on any atom is -0.464 e. The van der Waals surface area contributed by atoms with Crippen molar-refractivity contribution in [3.05, 3.63) is 65.2 Å². The van der Waals surface area contributed by atoms with Crippen LogP contribution in [-0.2, 0) is 30.8 Å². The molecule has 0 saturated carbocycles. The zero-order valence-electron chi connectivity index (χ0n) is 18.1. The summed E-state index contributed by atoms with van der Waals surface area (Å²) >= 11 is 0. The Bertz CT molecular complexity index is 1130. The van der Waals surface area contributed by atoms with E-state index in [1.54, 1.807) is 31.2 Å². The van der Waals surface area contributed by atoms with Crippen molar-refractivity contribution in [3.63, 3.8) is 0 Å². The maximum Gasteiger partial charge on any atom is 0.328 e. The SMILES string of the molecule is CCOC(=O)C(Cc1ccc(C(N)=[NH2+])cc1)NC(=O)CNS(=O)(=O)c1ccc(C(N)=[NH2+])cc1. The Morgan fingerprint density at radius 2 is 1.48 bits per heavy atom. The highest BCUT2D eigenvalue weighted by Gasteiger charge is 2.24. The first-order chi connectivity index (χ1) is 15.5. The van der Waals surface area contributed by atoms with Crippen LogP contribution in [0.15, 0.2) is 53.4 Å². The molecule has 0 bridgehead atoms. The van der Waals surface area contributed by atoms with Crippen LogP contribution in [0.2, 0.25) is 0 Å². The number of hydrogen-bond acceptors (Lipinski definition) is 5. The second-order valence-corrected chi connectivity index (χ2v) is 8.80. The molecular weight excluding hydrogens is 448 g/mol. The van der Waals surface area contributed by atoms with Gasteiger partial charge in [-0.1, -0.05) is 12.1 Å². The summed E-state index contributed by atoms with van der Waals surface area (Å²) in [5, 5.41) is 13.5. The van der Waals surface area contributed by atoms with Crippen LogP contribution in [-0.4, -0.2) is 51.2 Å². The van der Waals surface area contributed by atoms with Crippen molar-refractivity contribution in [1.82, 2.24) is 10.0 Å². The second-order valence-electron chi connectivity index (χ2n) is 7.03. The maximum atomic E-state index is 12.4. The van der Waals surface area contributed by atoms with Gasteiger partial charge in [0, 0.05) is 6.42 Å². The molecule has 0 aliphatic carbocycles. The highest BCUT2D eigenvalue weighted by molar-refractivity contribution is 7.89. The van der Waals surface area contributed by atoms with E-state index in [-0.39, 0.29) is 29.6 Å². The molecule has 0 aliphatic heterocycles. The van der Waals surface area contributed by atoms with Crippen molar-refractivity contribution in [2.24, 2.45) is 11.5 Å².